The fourth-order valence-corrected chi connectivity index (χ4v) is 1.62. The van der Waals surface area contributed by atoms with Crippen molar-refractivity contribution in [1.82, 2.24) is 0 Å². The van der Waals surface area contributed by atoms with Crippen LogP contribution in [0.25, 0.3) is 0 Å². The summed E-state index contributed by atoms with van der Waals surface area (Å²) in [6, 6.07) is 3.75. The molecule has 2 N–H and O–H groups in total. The minimum atomic E-state index is 0.482. The van der Waals surface area contributed by atoms with Crippen LogP contribution in [0.15, 0.2) is 12.1 Å². The molecule has 1 aromatic rings. The molecule has 0 radical (unpaired) electrons. The number of nitrogens with two attached hydrogens (primary N) is 1. The Kier molecular flexibility index (Phi) is 3.89. The quantitative estimate of drug-likeness (QED) is 0.764. The van der Waals surface area contributed by atoms with E-state index in [1.807, 2.05) is 6.07 Å². The molecular formula is C10H13Cl2N. The second-order valence-electron chi connectivity index (χ2n) is 3.05. The number of unbranched alkanes of at least 4 members (excludes halogenated alkanes) is 1. The maximum Gasteiger partial charge on any atom is 0.0824 e. The Morgan fingerprint density at radius 3 is 2.54 bits per heavy atom. The van der Waals surface area contributed by atoms with E-state index in [2.05, 4.69) is 6.92 Å². The minimum Gasteiger partial charge on any atom is -0.397 e. The fraction of sp³-hybridized carbons (Fsp3) is 0.400. The number of rotatable bonds is 3. The topological polar surface area (TPSA) is 26.0 Å². The third-order valence-corrected chi connectivity index (χ3v) is 2.93. The molecule has 0 aliphatic heterocycles. The molecule has 0 unspecified atom stereocenters. The molecule has 0 amide bonds. The van der Waals surface area contributed by atoms with Crippen LogP contribution in [0, 0.1) is 0 Å². The van der Waals surface area contributed by atoms with Gasteiger partial charge in [0, 0.05) is 0 Å². The summed E-state index contributed by atoms with van der Waals surface area (Å²) in [5.41, 5.74) is 7.24. The van der Waals surface area contributed by atoms with Gasteiger partial charge in [-0.05, 0) is 24.5 Å². The molecule has 0 aliphatic carbocycles. The Hall–Kier alpha value is -0.400. The normalized spacial score (nSPS) is 10.4. The molecule has 1 nitrogen and oxygen atoms in total. The largest absolute Gasteiger partial charge is 0.397 e. The number of anilines is 1. The highest BCUT2D eigenvalue weighted by Gasteiger charge is 2.06. The predicted molar refractivity (Wildman–Crippen MR) is 59.5 cm³/mol. The first-order valence-corrected chi connectivity index (χ1v) is 5.14. The predicted octanol–water partition coefficient (Wildman–Crippen LogP) is 3.92. The molecule has 3 heteroatoms. The summed E-state index contributed by atoms with van der Waals surface area (Å²) >= 11 is 11.9. The minimum absolute atomic E-state index is 0.482. The zero-order chi connectivity index (χ0) is 9.84. The molecule has 0 heterocycles. The lowest BCUT2D eigenvalue weighted by Gasteiger charge is -2.06. The van der Waals surface area contributed by atoms with Crippen molar-refractivity contribution in [1.29, 1.82) is 0 Å². The molecule has 0 fully saturated rings. The number of hydrogen-bond acceptors (Lipinski definition) is 1. The van der Waals surface area contributed by atoms with Crippen molar-refractivity contribution >= 4 is 28.9 Å². The van der Waals surface area contributed by atoms with E-state index in [0.717, 1.165) is 24.8 Å². The van der Waals surface area contributed by atoms with E-state index in [4.69, 9.17) is 28.9 Å². The summed E-state index contributed by atoms with van der Waals surface area (Å²) < 4.78 is 0. The highest BCUT2D eigenvalue weighted by atomic mass is 35.5. The first kappa shape index (κ1) is 10.7. The number of benzene rings is 1. The van der Waals surface area contributed by atoms with Gasteiger partial charge in [0.1, 0.15) is 0 Å². The average Bonchev–Trinajstić information content (AvgIpc) is 2.13. The zero-order valence-corrected chi connectivity index (χ0v) is 9.12. The summed E-state index contributed by atoms with van der Waals surface area (Å²) in [6.07, 6.45) is 3.24. The van der Waals surface area contributed by atoms with Gasteiger partial charge in [-0.15, -0.1) is 0 Å². The Balaban J connectivity index is 2.90. The van der Waals surface area contributed by atoms with Gasteiger partial charge in [0.15, 0.2) is 0 Å². The Morgan fingerprint density at radius 2 is 1.92 bits per heavy atom. The van der Waals surface area contributed by atoms with E-state index in [9.17, 15) is 0 Å². The van der Waals surface area contributed by atoms with E-state index in [-0.39, 0.29) is 0 Å². The van der Waals surface area contributed by atoms with Crippen molar-refractivity contribution < 1.29 is 0 Å². The molecular weight excluding hydrogens is 205 g/mol. The lowest BCUT2D eigenvalue weighted by Crippen LogP contribution is -1.92. The van der Waals surface area contributed by atoms with Gasteiger partial charge in [0.25, 0.3) is 0 Å². The third-order valence-electron chi connectivity index (χ3n) is 1.99. The number of halogens is 2. The van der Waals surface area contributed by atoms with Crippen molar-refractivity contribution in [2.45, 2.75) is 26.2 Å². The van der Waals surface area contributed by atoms with Crippen molar-refractivity contribution in [3.05, 3.63) is 27.7 Å². The first-order valence-electron chi connectivity index (χ1n) is 4.39. The highest BCUT2D eigenvalue weighted by molar-refractivity contribution is 6.44. The second-order valence-corrected chi connectivity index (χ2v) is 3.80. The molecule has 0 atom stereocenters. The van der Waals surface area contributed by atoms with Gasteiger partial charge >= 0.3 is 0 Å². The Bertz CT molecular complexity index is 297. The molecule has 1 aromatic carbocycles. The first-order chi connectivity index (χ1) is 6.16. The molecule has 0 aliphatic rings. The van der Waals surface area contributed by atoms with Gasteiger partial charge in [0.2, 0.25) is 0 Å². The van der Waals surface area contributed by atoms with Crippen LogP contribution in [0.1, 0.15) is 25.3 Å². The lowest BCUT2D eigenvalue weighted by atomic mass is 10.1. The summed E-state index contributed by atoms with van der Waals surface area (Å²) in [4.78, 5) is 0. The van der Waals surface area contributed by atoms with Crippen molar-refractivity contribution in [2.24, 2.45) is 0 Å². The van der Waals surface area contributed by atoms with Crippen LogP contribution < -0.4 is 5.73 Å². The van der Waals surface area contributed by atoms with Crippen LogP contribution >= 0.6 is 23.2 Å². The Morgan fingerprint density at radius 1 is 1.23 bits per heavy atom. The molecule has 1 rings (SSSR count). The zero-order valence-electron chi connectivity index (χ0n) is 7.61. The number of aryl methyl sites for hydroxylation is 1. The molecule has 72 valence electrons. The monoisotopic (exact) mass is 217 g/mol. The maximum absolute atomic E-state index is 6.02. The number of nitrogen functional groups attached to an aromatic ring is 1. The summed E-state index contributed by atoms with van der Waals surface area (Å²) in [5, 5.41) is 1.09. The van der Waals surface area contributed by atoms with Crippen LogP contribution in [0.3, 0.4) is 0 Å². The summed E-state index contributed by atoms with van der Waals surface area (Å²) in [5.74, 6) is 0. The van der Waals surface area contributed by atoms with E-state index in [1.54, 1.807) is 6.07 Å². The van der Waals surface area contributed by atoms with Crippen molar-refractivity contribution in [2.75, 3.05) is 5.73 Å². The lowest BCUT2D eigenvalue weighted by molar-refractivity contribution is 0.795. The molecule has 0 bridgehead atoms. The van der Waals surface area contributed by atoms with Crippen LogP contribution in [0.2, 0.25) is 10.0 Å². The average molecular weight is 218 g/mol. The van der Waals surface area contributed by atoms with Gasteiger partial charge in [0.05, 0.1) is 15.7 Å². The standard InChI is InChI=1S/C10H13Cl2N/c1-2-3-4-7-5-6-8(13)10(12)9(7)11/h5-6H,2-4,13H2,1H3. The van der Waals surface area contributed by atoms with E-state index < -0.39 is 0 Å². The van der Waals surface area contributed by atoms with E-state index >= 15 is 0 Å². The number of hydrogen-bond donors (Lipinski definition) is 1. The summed E-state index contributed by atoms with van der Waals surface area (Å²) in [6.45, 7) is 2.15. The summed E-state index contributed by atoms with van der Waals surface area (Å²) in [7, 11) is 0. The fourth-order valence-electron chi connectivity index (χ4n) is 1.16. The van der Waals surface area contributed by atoms with E-state index in [1.165, 1.54) is 0 Å². The highest BCUT2D eigenvalue weighted by Crippen LogP contribution is 2.31. The molecule has 0 saturated carbocycles. The van der Waals surface area contributed by atoms with Gasteiger partial charge in [-0.2, -0.15) is 0 Å². The third kappa shape index (κ3) is 2.52. The van der Waals surface area contributed by atoms with Crippen LogP contribution in [0.4, 0.5) is 5.69 Å². The SMILES string of the molecule is CCCCc1ccc(N)c(Cl)c1Cl. The van der Waals surface area contributed by atoms with Crippen molar-refractivity contribution in [3.63, 3.8) is 0 Å². The van der Waals surface area contributed by atoms with Crippen LogP contribution in [0.5, 0.6) is 0 Å². The van der Waals surface area contributed by atoms with Gasteiger partial charge < -0.3 is 5.73 Å². The Labute approximate surface area is 88.8 Å². The van der Waals surface area contributed by atoms with E-state index in [0.29, 0.717) is 15.7 Å². The van der Waals surface area contributed by atoms with Gasteiger partial charge in [-0.1, -0.05) is 42.6 Å². The van der Waals surface area contributed by atoms with Gasteiger partial charge in [-0.3, -0.25) is 0 Å². The second kappa shape index (κ2) is 4.73. The van der Waals surface area contributed by atoms with Gasteiger partial charge in [-0.25, -0.2) is 0 Å². The molecule has 0 aromatic heterocycles. The molecule has 13 heavy (non-hydrogen) atoms. The molecule has 0 saturated heterocycles. The molecule has 0 spiro atoms. The van der Waals surface area contributed by atoms with Crippen LogP contribution in [-0.4, -0.2) is 0 Å². The van der Waals surface area contributed by atoms with Crippen molar-refractivity contribution in [3.8, 4) is 0 Å². The smallest absolute Gasteiger partial charge is 0.0824 e. The van der Waals surface area contributed by atoms with Crippen LogP contribution in [-0.2, 0) is 6.42 Å². The maximum atomic E-state index is 6.02.